The molecule has 0 saturated heterocycles. The van der Waals surface area contributed by atoms with Crippen LogP contribution in [0.3, 0.4) is 0 Å². The molecule has 1 aliphatic rings. The van der Waals surface area contributed by atoms with Crippen molar-refractivity contribution in [2.45, 2.75) is 38.5 Å². The summed E-state index contributed by atoms with van der Waals surface area (Å²) in [6, 6.07) is 19.6. The predicted octanol–water partition coefficient (Wildman–Crippen LogP) is 5.35. The van der Waals surface area contributed by atoms with E-state index < -0.39 is 5.63 Å². The van der Waals surface area contributed by atoms with E-state index in [0.717, 1.165) is 29.5 Å². The van der Waals surface area contributed by atoms with E-state index in [-0.39, 0.29) is 17.6 Å². The largest absolute Gasteiger partial charge is 0.507 e. The lowest BCUT2D eigenvalue weighted by Crippen LogP contribution is -2.17. The molecule has 3 aromatic rings. The molecule has 1 aromatic heterocycles. The lowest BCUT2D eigenvalue weighted by atomic mass is 9.87. The van der Waals surface area contributed by atoms with Crippen molar-refractivity contribution in [3.05, 3.63) is 99.1 Å². The first-order valence-electron chi connectivity index (χ1n) is 9.53. The fraction of sp³-hybridized carbons (Fsp3) is 0.292. The molecule has 3 heteroatoms. The summed E-state index contributed by atoms with van der Waals surface area (Å²) in [6.07, 6.45) is 2.14. The monoisotopic (exact) mass is 360 g/mol. The van der Waals surface area contributed by atoms with Gasteiger partial charge < -0.3 is 9.52 Å². The zero-order valence-corrected chi connectivity index (χ0v) is 15.7. The molecule has 138 valence electrons. The van der Waals surface area contributed by atoms with Gasteiger partial charge in [-0.05, 0) is 42.4 Å². The van der Waals surface area contributed by atoms with Crippen LogP contribution >= 0.6 is 0 Å². The number of hydrogen-bond acceptors (Lipinski definition) is 3. The third-order valence-corrected chi connectivity index (χ3v) is 5.63. The lowest BCUT2D eigenvalue weighted by molar-refractivity contribution is 0.398. The molecule has 2 unspecified atom stereocenters. The van der Waals surface area contributed by atoms with Gasteiger partial charge in [-0.1, -0.05) is 61.5 Å². The first kappa shape index (κ1) is 17.6. The lowest BCUT2D eigenvalue weighted by Gasteiger charge is -2.19. The minimum absolute atomic E-state index is 0.0439. The summed E-state index contributed by atoms with van der Waals surface area (Å²) in [7, 11) is 0. The molecule has 1 N–H and O–H groups in total. The summed E-state index contributed by atoms with van der Waals surface area (Å²) in [6.45, 7) is 4.03. The van der Waals surface area contributed by atoms with Crippen molar-refractivity contribution in [1.29, 1.82) is 0 Å². The fourth-order valence-electron chi connectivity index (χ4n) is 4.00. The molecule has 1 heterocycles. The van der Waals surface area contributed by atoms with Crippen LogP contribution in [0.2, 0.25) is 0 Å². The predicted molar refractivity (Wildman–Crippen MR) is 106 cm³/mol. The van der Waals surface area contributed by atoms with Gasteiger partial charge in [0, 0.05) is 17.9 Å². The zero-order chi connectivity index (χ0) is 19.0. The van der Waals surface area contributed by atoms with Gasteiger partial charge in [-0.2, -0.15) is 0 Å². The number of rotatable bonds is 5. The van der Waals surface area contributed by atoms with E-state index in [1.807, 2.05) is 68.4 Å². The van der Waals surface area contributed by atoms with Crippen LogP contribution in [-0.2, 0) is 0 Å². The summed E-state index contributed by atoms with van der Waals surface area (Å²) < 4.78 is 5.73. The van der Waals surface area contributed by atoms with Gasteiger partial charge in [0.15, 0.2) is 0 Å². The molecule has 1 saturated carbocycles. The second-order valence-corrected chi connectivity index (χ2v) is 7.54. The van der Waals surface area contributed by atoms with Gasteiger partial charge in [0.2, 0.25) is 0 Å². The van der Waals surface area contributed by atoms with Gasteiger partial charge in [0.1, 0.15) is 11.5 Å². The van der Waals surface area contributed by atoms with Crippen LogP contribution < -0.4 is 5.63 Å². The Morgan fingerprint density at radius 1 is 1.04 bits per heavy atom. The molecular weight excluding hydrogens is 336 g/mol. The normalized spacial score (nSPS) is 16.1. The highest BCUT2D eigenvalue weighted by atomic mass is 16.4. The molecule has 0 amide bonds. The molecule has 3 nitrogen and oxygen atoms in total. The van der Waals surface area contributed by atoms with E-state index >= 15 is 0 Å². The maximum atomic E-state index is 12.9. The van der Waals surface area contributed by atoms with Gasteiger partial charge in [-0.3, -0.25) is 0 Å². The number of aromatic hydroxyl groups is 1. The van der Waals surface area contributed by atoms with Crippen molar-refractivity contribution >= 4 is 0 Å². The van der Waals surface area contributed by atoms with Crippen LogP contribution in [0, 0.1) is 12.8 Å². The van der Waals surface area contributed by atoms with Gasteiger partial charge in [0.05, 0.1) is 5.56 Å². The van der Waals surface area contributed by atoms with E-state index in [1.165, 1.54) is 0 Å². The Hall–Kier alpha value is -2.81. The Balaban J connectivity index is 1.76. The van der Waals surface area contributed by atoms with Crippen molar-refractivity contribution < 1.29 is 9.52 Å². The summed E-state index contributed by atoms with van der Waals surface area (Å²) in [5.41, 5.74) is 3.25. The number of hydrogen-bond donors (Lipinski definition) is 1. The Morgan fingerprint density at radius 2 is 1.70 bits per heavy atom. The topological polar surface area (TPSA) is 50.4 Å². The van der Waals surface area contributed by atoms with Crippen LogP contribution in [-0.4, -0.2) is 5.11 Å². The van der Waals surface area contributed by atoms with Crippen molar-refractivity contribution in [2.24, 2.45) is 5.92 Å². The summed E-state index contributed by atoms with van der Waals surface area (Å²) >= 11 is 0. The van der Waals surface area contributed by atoms with Crippen LogP contribution in [0.1, 0.15) is 59.6 Å². The van der Waals surface area contributed by atoms with Gasteiger partial charge >= 0.3 is 5.63 Å². The summed E-state index contributed by atoms with van der Waals surface area (Å²) in [4.78, 5) is 12.9. The highest BCUT2D eigenvalue weighted by molar-refractivity contribution is 5.43. The van der Waals surface area contributed by atoms with E-state index in [2.05, 4.69) is 0 Å². The first-order chi connectivity index (χ1) is 13.1. The van der Waals surface area contributed by atoms with Crippen LogP contribution in [0.25, 0.3) is 0 Å². The fourth-order valence-corrected chi connectivity index (χ4v) is 4.00. The SMILES string of the molecule is Cc1ccccc1C(C)c1cc(O)c(C(c2ccccc2)C2CC2)c(=O)o1. The van der Waals surface area contributed by atoms with Crippen molar-refractivity contribution in [3.8, 4) is 5.75 Å². The van der Waals surface area contributed by atoms with Crippen molar-refractivity contribution in [1.82, 2.24) is 0 Å². The second kappa shape index (κ2) is 7.07. The molecule has 27 heavy (non-hydrogen) atoms. The number of aryl methyl sites for hydroxylation is 1. The van der Waals surface area contributed by atoms with E-state index in [4.69, 9.17) is 4.42 Å². The standard InChI is InChI=1S/C24H24O3/c1-15-8-6-7-11-19(15)16(2)21-14-20(25)23(24(26)27-21)22(18-12-13-18)17-9-4-3-5-10-17/h3-11,14,16,18,22,25H,12-13H2,1-2H3. The minimum atomic E-state index is -0.425. The van der Waals surface area contributed by atoms with Gasteiger partial charge in [-0.15, -0.1) is 0 Å². The molecule has 1 fully saturated rings. The maximum absolute atomic E-state index is 12.9. The van der Waals surface area contributed by atoms with Crippen LogP contribution in [0.15, 0.2) is 69.9 Å². The summed E-state index contributed by atoms with van der Waals surface area (Å²) in [5.74, 6) is 0.724. The van der Waals surface area contributed by atoms with Gasteiger partial charge in [-0.25, -0.2) is 4.79 Å². The van der Waals surface area contributed by atoms with E-state index in [9.17, 15) is 9.90 Å². The second-order valence-electron chi connectivity index (χ2n) is 7.54. The van der Waals surface area contributed by atoms with Crippen LogP contribution in [0.4, 0.5) is 0 Å². The molecule has 0 bridgehead atoms. The third kappa shape index (κ3) is 3.42. The molecule has 0 aliphatic heterocycles. The van der Waals surface area contributed by atoms with Crippen molar-refractivity contribution in [2.75, 3.05) is 0 Å². The van der Waals surface area contributed by atoms with Crippen molar-refractivity contribution in [3.63, 3.8) is 0 Å². The third-order valence-electron chi connectivity index (χ3n) is 5.63. The Kier molecular flexibility index (Phi) is 4.61. The zero-order valence-electron chi connectivity index (χ0n) is 15.7. The first-order valence-corrected chi connectivity index (χ1v) is 9.53. The molecule has 2 aromatic carbocycles. The minimum Gasteiger partial charge on any atom is -0.507 e. The van der Waals surface area contributed by atoms with Gasteiger partial charge in [0.25, 0.3) is 0 Å². The van der Waals surface area contributed by atoms with Crippen LogP contribution in [0.5, 0.6) is 5.75 Å². The quantitative estimate of drug-likeness (QED) is 0.667. The highest BCUT2D eigenvalue weighted by Gasteiger charge is 2.37. The molecule has 0 spiro atoms. The van der Waals surface area contributed by atoms with E-state index in [1.54, 1.807) is 6.07 Å². The Morgan fingerprint density at radius 3 is 2.33 bits per heavy atom. The smallest absolute Gasteiger partial charge is 0.343 e. The molecule has 4 rings (SSSR count). The Bertz CT molecular complexity index is 1000. The maximum Gasteiger partial charge on any atom is 0.343 e. The number of benzene rings is 2. The van der Waals surface area contributed by atoms with E-state index in [0.29, 0.717) is 17.2 Å². The molecule has 1 aliphatic carbocycles. The summed E-state index contributed by atoms with van der Waals surface area (Å²) in [5, 5.41) is 10.8. The molecule has 0 radical (unpaired) electrons. The average molecular weight is 360 g/mol. The average Bonchev–Trinajstić information content (AvgIpc) is 3.50. The molecular formula is C24H24O3. The highest BCUT2D eigenvalue weighted by Crippen LogP contribution is 2.47. The molecule has 2 atom stereocenters. The Labute approximate surface area is 159 Å².